The molecule has 0 N–H and O–H groups in total. The van der Waals surface area contributed by atoms with E-state index in [1.54, 1.807) is 6.07 Å². The van der Waals surface area contributed by atoms with Gasteiger partial charge < -0.3 is 0 Å². The van der Waals surface area contributed by atoms with E-state index in [0.29, 0.717) is 24.8 Å². The second-order valence-corrected chi connectivity index (χ2v) is 11.7. The van der Waals surface area contributed by atoms with Crippen LogP contribution in [0.15, 0.2) is 60.7 Å². The molecule has 0 spiro atoms. The zero-order valence-electron chi connectivity index (χ0n) is 24.3. The summed E-state index contributed by atoms with van der Waals surface area (Å²) in [5.74, 6) is 0.821. The maximum absolute atomic E-state index is 13.7. The molecule has 5 heteroatoms. The Labute approximate surface area is 242 Å². The second-order valence-electron chi connectivity index (χ2n) is 11.7. The highest BCUT2D eigenvalue weighted by molar-refractivity contribution is 5.96. The van der Waals surface area contributed by atoms with E-state index in [2.05, 4.69) is 0 Å². The Kier molecular flexibility index (Phi) is 10.6. The normalized spacial score (nSPS) is 14.0. The average molecular weight is 563 g/mol. The zero-order chi connectivity index (χ0) is 29.4. The molecule has 0 aromatic heterocycles. The molecule has 3 aromatic carbocycles. The number of alkyl halides is 3. The van der Waals surface area contributed by atoms with Crippen LogP contribution in [0.5, 0.6) is 0 Å². The number of carbonyl (C=O) groups is 2. The van der Waals surface area contributed by atoms with Crippen LogP contribution in [0, 0.1) is 12.8 Å². The predicted molar refractivity (Wildman–Crippen MR) is 158 cm³/mol. The minimum Gasteiger partial charge on any atom is -0.299 e. The summed E-state index contributed by atoms with van der Waals surface area (Å²) in [4.78, 5) is 25.0. The number of benzene rings is 3. The molecule has 0 aliphatic heterocycles. The van der Waals surface area contributed by atoms with Crippen molar-refractivity contribution in [1.29, 1.82) is 0 Å². The zero-order valence-corrected chi connectivity index (χ0v) is 24.3. The average Bonchev–Trinajstić information content (AvgIpc) is 3.46. The number of halogens is 3. The molecule has 0 amide bonds. The topological polar surface area (TPSA) is 34.1 Å². The van der Waals surface area contributed by atoms with Gasteiger partial charge in [0.15, 0.2) is 5.78 Å². The summed E-state index contributed by atoms with van der Waals surface area (Å²) < 4.78 is 41.0. The van der Waals surface area contributed by atoms with Crippen LogP contribution in [-0.2, 0) is 36.7 Å². The van der Waals surface area contributed by atoms with Gasteiger partial charge in [-0.25, -0.2) is 0 Å². The first-order valence-electron chi connectivity index (χ1n) is 15.0. The van der Waals surface area contributed by atoms with Crippen LogP contribution >= 0.6 is 0 Å². The molecule has 0 bridgehead atoms. The molecule has 218 valence electrons. The molecule has 2 nitrogen and oxygen atoms in total. The third-order valence-corrected chi connectivity index (χ3v) is 8.47. The van der Waals surface area contributed by atoms with E-state index in [9.17, 15) is 22.8 Å². The Morgan fingerprint density at radius 1 is 0.854 bits per heavy atom. The number of rotatable bonds is 13. The van der Waals surface area contributed by atoms with E-state index in [-0.39, 0.29) is 30.0 Å². The summed E-state index contributed by atoms with van der Waals surface area (Å²) in [6, 6.07) is 18.7. The third kappa shape index (κ3) is 8.89. The fraction of sp³-hybridized carbons (Fsp3) is 0.444. The smallest absolute Gasteiger partial charge is 0.299 e. The minimum atomic E-state index is -4.43. The van der Waals surface area contributed by atoms with Crippen molar-refractivity contribution in [2.45, 2.75) is 97.1 Å². The Morgan fingerprint density at radius 3 is 2.24 bits per heavy atom. The highest BCUT2D eigenvalue weighted by Gasteiger charge is 2.33. The molecule has 1 aliphatic rings. The van der Waals surface area contributed by atoms with Crippen LogP contribution < -0.4 is 0 Å². The van der Waals surface area contributed by atoms with Gasteiger partial charge in [-0.1, -0.05) is 87.6 Å². The van der Waals surface area contributed by atoms with E-state index >= 15 is 0 Å². The third-order valence-electron chi connectivity index (χ3n) is 8.47. The number of carbonyl (C=O) groups excluding carboxylic acids is 2. The van der Waals surface area contributed by atoms with Crippen molar-refractivity contribution in [3.63, 3.8) is 0 Å². The summed E-state index contributed by atoms with van der Waals surface area (Å²) in [7, 11) is 0. The number of Topliss-reactive ketones (excluding diaryl/α,β-unsaturated/α-hetero) is 2. The number of hydrogen-bond acceptors (Lipinski definition) is 2. The van der Waals surface area contributed by atoms with Crippen LogP contribution in [0.1, 0.15) is 108 Å². The molecule has 1 fully saturated rings. The van der Waals surface area contributed by atoms with Gasteiger partial charge in [0.2, 0.25) is 0 Å². The molecule has 0 atom stereocenters. The SMILES string of the molecule is CCC(=O)c1cccc(Cc2ccc(CCC(=O)Cc3cc(C(F)(F)F)c(C)cc3CCCC3CCCC3)cc2)c1. The maximum Gasteiger partial charge on any atom is 0.416 e. The van der Waals surface area contributed by atoms with Gasteiger partial charge in [0, 0.05) is 24.8 Å². The predicted octanol–water partition coefficient (Wildman–Crippen LogP) is 9.45. The van der Waals surface area contributed by atoms with E-state index in [0.717, 1.165) is 53.0 Å². The number of ketones is 2. The first kappa shape index (κ1) is 30.7. The van der Waals surface area contributed by atoms with E-state index in [1.165, 1.54) is 38.7 Å². The summed E-state index contributed by atoms with van der Waals surface area (Å²) >= 11 is 0. The van der Waals surface area contributed by atoms with Gasteiger partial charge in [-0.3, -0.25) is 9.59 Å². The van der Waals surface area contributed by atoms with Gasteiger partial charge in [0.05, 0.1) is 5.56 Å². The van der Waals surface area contributed by atoms with E-state index in [4.69, 9.17) is 0 Å². The molecule has 0 heterocycles. The maximum atomic E-state index is 13.7. The summed E-state index contributed by atoms with van der Waals surface area (Å²) in [6.45, 7) is 3.37. The van der Waals surface area contributed by atoms with Crippen LogP contribution in [0.25, 0.3) is 0 Å². The molecule has 0 radical (unpaired) electrons. The lowest BCUT2D eigenvalue weighted by atomic mass is 9.90. The number of hydrogen-bond donors (Lipinski definition) is 0. The van der Waals surface area contributed by atoms with Crippen LogP contribution in [0.3, 0.4) is 0 Å². The van der Waals surface area contributed by atoms with Gasteiger partial charge in [-0.15, -0.1) is 0 Å². The quantitative estimate of drug-likeness (QED) is 0.194. The van der Waals surface area contributed by atoms with Crippen molar-refractivity contribution in [1.82, 2.24) is 0 Å². The summed E-state index contributed by atoms with van der Waals surface area (Å²) in [5, 5.41) is 0. The van der Waals surface area contributed by atoms with Crippen LogP contribution in [0.4, 0.5) is 13.2 Å². The minimum absolute atomic E-state index is 0.0347. The van der Waals surface area contributed by atoms with Crippen molar-refractivity contribution in [3.8, 4) is 0 Å². The van der Waals surface area contributed by atoms with Gasteiger partial charge in [0.1, 0.15) is 5.78 Å². The van der Waals surface area contributed by atoms with Crippen molar-refractivity contribution in [2.75, 3.05) is 0 Å². The fourth-order valence-corrected chi connectivity index (χ4v) is 6.10. The molecule has 1 aliphatic carbocycles. The Hall–Kier alpha value is -3.21. The van der Waals surface area contributed by atoms with Crippen molar-refractivity contribution in [2.24, 2.45) is 5.92 Å². The molecule has 0 unspecified atom stereocenters. The van der Waals surface area contributed by atoms with Crippen LogP contribution in [0.2, 0.25) is 0 Å². The Morgan fingerprint density at radius 2 is 1.56 bits per heavy atom. The highest BCUT2D eigenvalue weighted by atomic mass is 19.4. The molecular formula is C36H41F3O2. The van der Waals surface area contributed by atoms with E-state index < -0.39 is 11.7 Å². The molecular weight excluding hydrogens is 521 g/mol. The largest absolute Gasteiger partial charge is 0.416 e. The van der Waals surface area contributed by atoms with Crippen LogP contribution in [-0.4, -0.2) is 11.6 Å². The molecule has 1 saturated carbocycles. The Bertz CT molecular complexity index is 1330. The van der Waals surface area contributed by atoms with Gasteiger partial charge in [-0.2, -0.15) is 13.2 Å². The summed E-state index contributed by atoms with van der Waals surface area (Å²) in [6.07, 6.45) is 5.47. The lowest BCUT2D eigenvalue weighted by Gasteiger charge is -2.17. The second kappa shape index (κ2) is 14.1. The first-order chi connectivity index (χ1) is 19.6. The van der Waals surface area contributed by atoms with Gasteiger partial charge >= 0.3 is 6.18 Å². The summed E-state index contributed by atoms with van der Waals surface area (Å²) in [5.41, 5.74) is 4.94. The lowest BCUT2D eigenvalue weighted by Crippen LogP contribution is -2.13. The Balaban J connectivity index is 1.36. The van der Waals surface area contributed by atoms with Gasteiger partial charge in [-0.05, 0) is 84.0 Å². The van der Waals surface area contributed by atoms with Crippen molar-refractivity contribution >= 4 is 11.6 Å². The monoisotopic (exact) mass is 562 g/mol. The van der Waals surface area contributed by atoms with Gasteiger partial charge in [0.25, 0.3) is 0 Å². The number of aryl methyl sites for hydroxylation is 3. The van der Waals surface area contributed by atoms with E-state index in [1.807, 2.05) is 55.5 Å². The fourth-order valence-electron chi connectivity index (χ4n) is 6.10. The van der Waals surface area contributed by atoms with Crippen molar-refractivity contribution in [3.05, 3.63) is 105 Å². The molecule has 0 saturated heterocycles. The highest BCUT2D eigenvalue weighted by Crippen LogP contribution is 2.35. The first-order valence-corrected chi connectivity index (χ1v) is 15.0. The standard InChI is InChI=1S/C36H41F3O2/c1-3-35(41)31-13-7-11-29(22-31)21-28-16-14-27(15-17-28)18-19-33(40)23-32-24-34(36(37,38)39)25(2)20-30(32)12-6-10-26-8-4-5-9-26/h7,11,13-17,20,22,24,26H,3-6,8-10,12,18-19,21,23H2,1-2H3. The molecule has 4 rings (SSSR count). The van der Waals surface area contributed by atoms with Crippen molar-refractivity contribution < 1.29 is 22.8 Å². The molecule has 3 aromatic rings. The molecule has 41 heavy (non-hydrogen) atoms. The lowest BCUT2D eigenvalue weighted by molar-refractivity contribution is -0.138.